The van der Waals surface area contributed by atoms with Crippen molar-refractivity contribution in [3.05, 3.63) is 12.0 Å². The highest BCUT2D eigenvalue weighted by molar-refractivity contribution is 5.29. The van der Waals surface area contributed by atoms with Crippen molar-refractivity contribution in [3.63, 3.8) is 0 Å². The number of piperidine rings is 1. The number of aromatic nitrogens is 1. The number of nitrogens with zero attached hydrogens (tertiary/aromatic N) is 2. The van der Waals surface area contributed by atoms with Crippen LogP contribution >= 0.6 is 0 Å². The van der Waals surface area contributed by atoms with E-state index in [0.29, 0.717) is 12.1 Å². The Labute approximate surface area is 110 Å². The van der Waals surface area contributed by atoms with Gasteiger partial charge >= 0.3 is 0 Å². The van der Waals surface area contributed by atoms with Crippen molar-refractivity contribution in [1.29, 1.82) is 0 Å². The van der Waals surface area contributed by atoms with Gasteiger partial charge in [0, 0.05) is 25.2 Å². The molecular formula is C14H25N3O. The lowest BCUT2D eigenvalue weighted by Crippen LogP contribution is -2.41. The summed E-state index contributed by atoms with van der Waals surface area (Å²) in [6, 6.07) is 1.79. The van der Waals surface area contributed by atoms with Gasteiger partial charge in [-0.05, 0) is 25.7 Å². The zero-order valence-corrected chi connectivity index (χ0v) is 11.9. The molecule has 0 radical (unpaired) electrons. The molecule has 0 bridgehead atoms. The summed E-state index contributed by atoms with van der Waals surface area (Å²) in [4.78, 5) is 6.89. The molecule has 0 amide bonds. The highest BCUT2D eigenvalue weighted by Gasteiger charge is 2.26. The molecular weight excluding hydrogens is 226 g/mol. The number of hydrogen-bond acceptors (Lipinski definition) is 4. The van der Waals surface area contributed by atoms with Gasteiger partial charge in [-0.3, -0.25) is 0 Å². The first-order valence-corrected chi connectivity index (χ1v) is 7.00. The Kier molecular flexibility index (Phi) is 4.27. The van der Waals surface area contributed by atoms with Gasteiger partial charge < -0.3 is 14.6 Å². The van der Waals surface area contributed by atoms with Crippen molar-refractivity contribution in [3.8, 4) is 0 Å². The van der Waals surface area contributed by atoms with Crippen LogP contribution in [-0.4, -0.2) is 23.6 Å². The first-order chi connectivity index (χ1) is 8.56. The second kappa shape index (κ2) is 5.74. The number of hydrogen-bond donors (Lipinski definition) is 1. The molecule has 1 aromatic rings. The van der Waals surface area contributed by atoms with E-state index in [1.165, 1.54) is 12.8 Å². The molecule has 1 aliphatic heterocycles. The summed E-state index contributed by atoms with van der Waals surface area (Å²) >= 11 is 0. The summed E-state index contributed by atoms with van der Waals surface area (Å²) in [7, 11) is 0. The monoisotopic (exact) mass is 251 g/mol. The average molecular weight is 251 g/mol. The lowest BCUT2D eigenvalue weighted by atomic mass is 9.95. The summed E-state index contributed by atoms with van der Waals surface area (Å²) in [5.41, 5.74) is 0.990. The van der Waals surface area contributed by atoms with E-state index in [1.807, 2.05) is 0 Å². The maximum absolute atomic E-state index is 5.63. The maximum Gasteiger partial charge on any atom is 0.297 e. The fourth-order valence-corrected chi connectivity index (χ4v) is 2.37. The van der Waals surface area contributed by atoms with Crippen molar-refractivity contribution in [2.75, 3.05) is 11.4 Å². The minimum Gasteiger partial charge on any atom is -0.432 e. The molecule has 1 saturated heterocycles. The highest BCUT2D eigenvalue weighted by Crippen LogP contribution is 2.26. The molecule has 1 aromatic heterocycles. The van der Waals surface area contributed by atoms with Gasteiger partial charge in [0.05, 0.1) is 5.69 Å². The van der Waals surface area contributed by atoms with Crippen LogP contribution in [0.15, 0.2) is 10.7 Å². The summed E-state index contributed by atoms with van der Waals surface area (Å²) in [5.74, 6) is 0.727. The zero-order valence-electron chi connectivity index (χ0n) is 11.9. The van der Waals surface area contributed by atoms with E-state index in [9.17, 15) is 0 Å². The summed E-state index contributed by atoms with van der Waals surface area (Å²) in [5, 5.41) is 3.36. The van der Waals surface area contributed by atoms with Gasteiger partial charge in [0.25, 0.3) is 6.01 Å². The predicted molar refractivity (Wildman–Crippen MR) is 73.7 cm³/mol. The lowest BCUT2D eigenvalue weighted by molar-refractivity contribution is 0.365. The molecule has 0 spiro atoms. The lowest BCUT2D eigenvalue weighted by Gasteiger charge is -2.35. The van der Waals surface area contributed by atoms with Crippen LogP contribution < -0.4 is 10.2 Å². The Morgan fingerprint density at radius 1 is 1.44 bits per heavy atom. The molecule has 2 heterocycles. The van der Waals surface area contributed by atoms with Gasteiger partial charge in [0.15, 0.2) is 0 Å². The number of oxazole rings is 1. The largest absolute Gasteiger partial charge is 0.432 e. The van der Waals surface area contributed by atoms with Gasteiger partial charge in [-0.1, -0.05) is 20.8 Å². The Hall–Kier alpha value is -1.03. The molecule has 4 nitrogen and oxygen atoms in total. The second-order valence-electron chi connectivity index (χ2n) is 5.84. The quantitative estimate of drug-likeness (QED) is 0.893. The van der Waals surface area contributed by atoms with Gasteiger partial charge in [0.1, 0.15) is 6.26 Å². The molecule has 18 heavy (non-hydrogen) atoms. The van der Waals surface area contributed by atoms with Gasteiger partial charge in [-0.25, -0.2) is 0 Å². The molecule has 0 aromatic carbocycles. The van der Waals surface area contributed by atoms with Crippen LogP contribution in [0, 0.1) is 5.92 Å². The van der Waals surface area contributed by atoms with Crippen LogP contribution in [-0.2, 0) is 6.54 Å². The Morgan fingerprint density at radius 3 is 2.94 bits per heavy atom. The van der Waals surface area contributed by atoms with Gasteiger partial charge in [0.2, 0.25) is 0 Å². The Bertz CT molecular complexity index is 375. The van der Waals surface area contributed by atoms with Gasteiger partial charge in [-0.15, -0.1) is 0 Å². The molecule has 102 valence electrons. The minimum absolute atomic E-state index is 0.471. The summed E-state index contributed by atoms with van der Waals surface area (Å²) in [6.45, 7) is 10.6. The smallest absolute Gasteiger partial charge is 0.297 e. The second-order valence-corrected chi connectivity index (χ2v) is 5.84. The normalized spacial score (nSPS) is 24.8. The molecule has 2 atom stereocenters. The van der Waals surface area contributed by atoms with Crippen LogP contribution in [0.1, 0.15) is 46.2 Å². The first-order valence-electron chi connectivity index (χ1n) is 7.00. The topological polar surface area (TPSA) is 41.3 Å². The van der Waals surface area contributed by atoms with E-state index >= 15 is 0 Å². The first kappa shape index (κ1) is 13.4. The van der Waals surface area contributed by atoms with Crippen LogP contribution in [0.25, 0.3) is 0 Å². The van der Waals surface area contributed by atoms with E-state index in [0.717, 1.165) is 30.7 Å². The third kappa shape index (κ3) is 3.25. The van der Waals surface area contributed by atoms with Crippen LogP contribution in [0.4, 0.5) is 6.01 Å². The van der Waals surface area contributed by atoms with Gasteiger partial charge in [-0.2, -0.15) is 4.98 Å². The number of anilines is 1. The van der Waals surface area contributed by atoms with E-state index in [-0.39, 0.29) is 0 Å². The molecule has 1 aliphatic rings. The number of nitrogens with one attached hydrogen (secondary N) is 1. The molecule has 2 unspecified atom stereocenters. The Balaban J connectivity index is 1.99. The summed E-state index contributed by atoms with van der Waals surface area (Å²) in [6.07, 6.45) is 4.31. The molecule has 1 N–H and O–H groups in total. The predicted octanol–water partition coefficient (Wildman–Crippen LogP) is 2.80. The van der Waals surface area contributed by atoms with Crippen molar-refractivity contribution in [2.45, 2.75) is 59.2 Å². The highest BCUT2D eigenvalue weighted by atomic mass is 16.4. The fraction of sp³-hybridized carbons (Fsp3) is 0.786. The SMILES string of the molecule is CC1CCC(C)N(c2nc(CNC(C)C)co2)C1. The molecule has 4 heteroatoms. The van der Waals surface area contributed by atoms with E-state index in [1.54, 1.807) is 6.26 Å². The molecule has 2 rings (SSSR count). The third-order valence-corrected chi connectivity index (χ3v) is 3.59. The van der Waals surface area contributed by atoms with Crippen molar-refractivity contribution < 1.29 is 4.42 Å². The van der Waals surface area contributed by atoms with E-state index in [4.69, 9.17) is 4.42 Å². The fourth-order valence-electron chi connectivity index (χ4n) is 2.37. The minimum atomic E-state index is 0.471. The van der Waals surface area contributed by atoms with Crippen molar-refractivity contribution in [2.24, 2.45) is 5.92 Å². The third-order valence-electron chi connectivity index (χ3n) is 3.59. The maximum atomic E-state index is 5.63. The van der Waals surface area contributed by atoms with Crippen LogP contribution in [0.3, 0.4) is 0 Å². The van der Waals surface area contributed by atoms with Crippen molar-refractivity contribution >= 4 is 6.01 Å². The molecule has 1 fully saturated rings. The molecule has 0 aliphatic carbocycles. The zero-order chi connectivity index (χ0) is 13.1. The Morgan fingerprint density at radius 2 is 2.22 bits per heavy atom. The number of rotatable bonds is 4. The van der Waals surface area contributed by atoms with Crippen molar-refractivity contribution in [1.82, 2.24) is 10.3 Å². The molecule has 0 saturated carbocycles. The van der Waals surface area contributed by atoms with E-state index in [2.05, 4.69) is 42.9 Å². The van der Waals surface area contributed by atoms with E-state index < -0.39 is 0 Å². The summed E-state index contributed by atoms with van der Waals surface area (Å²) < 4.78 is 5.63. The standard InChI is InChI=1S/C14H25N3O/c1-10(2)15-7-13-9-18-14(16-13)17-8-11(3)5-6-12(17)4/h9-12,15H,5-8H2,1-4H3. The average Bonchev–Trinajstić information content (AvgIpc) is 2.78. The van der Waals surface area contributed by atoms with Crippen LogP contribution in [0.5, 0.6) is 0 Å². The van der Waals surface area contributed by atoms with Crippen LogP contribution in [0.2, 0.25) is 0 Å².